The average molecular weight is 336 g/mol. The highest BCUT2D eigenvalue weighted by atomic mass is 16.4. The maximum atomic E-state index is 12.1. The lowest BCUT2D eigenvalue weighted by Crippen LogP contribution is -2.13. The second kappa shape index (κ2) is 12.0. The summed E-state index contributed by atoms with van der Waals surface area (Å²) in [6.45, 7) is 2.12. The highest BCUT2D eigenvalue weighted by Gasteiger charge is 2.32. The molecule has 0 aliphatic heterocycles. The number of allylic oxidation sites excluding steroid dienone is 2. The minimum atomic E-state index is -0.741. The summed E-state index contributed by atoms with van der Waals surface area (Å²) in [6, 6.07) is 0. The van der Waals surface area contributed by atoms with Crippen LogP contribution in [0.3, 0.4) is 0 Å². The molecule has 0 aromatic carbocycles. The van der Waals surface area contributed by atoms with Gasteiger partial charge in [-0.1, -0.05) is 45.1 Å². The van der Waals surface area contributed by atoms with Crippen molar-refractivity contribution in [2.45, 2.75) is 84.0 Å². The molecule has 2 unspecified atom stereocenters. The van der Waals surface area contributed by atoms with E-state index < -0.39 is 5.97 Å². The normalized spacial score (nSPS) is 20.8. The SMILES string of the molecule is CCCCCC(=O)C=CC1CCC(=O)C1CCCCCCC(=O)O. The highest BCUT2D eigenvalue weighted by molar-refractivity contribution is 5.90. The van der Waals surface area contributed by atoms with Gasteiger partial charge in [0.05, 0.1) is 0 Å². The first-order valence-electron chi connectivity index (χ1n) is 9.50. The Morgan fingerprint density at radius 2 is 1.79 bits per heavy atom. The molecule has 0 radical (unpaired) electrons. The van der Waals surface area contributed by atoms with Gasteiger partial charge in [0.2, 0.25) is 0 Å². The zero-order valence-electron chi connectivity index (χ0n) is 15.0. The number of carboxylic acid groups (broad SMARTS) is 1. The third-order valence-electron chi connectivity index (χ3n) is 4.87. The average Bonchev–Trinajstić information content (AvgIpc) is 2.89. The summed E-state index contributed by atoms with van der Waals surface area (Å²) in [5.74, 6) is 0.0365. The van der Waals surface area contributed by atoms with Gasteiger partial charge in [0.25, 0.3) is 0 Å². The molecule has 0 heterocycles. The fourth-order valence-electron chi connectivity index (χ4n) is 3.40. The number of carbonyl (C=O) groups excluding carboxylic acids is 2. The van der Waals surface area contributed by atoms with E-state index >= 15 is 0 Å². The maximum Gasteiger partial charge on any atom is 0.303 e. The number of ketones is 2. The van der Waals surface area contributed by atoms with Crippen LogP contribution in [0.15, 0.2) is 12.2 Å². The Bertz CT molecular complexity index is 439. The predicted octanol–water partition coefficient (Wildman–Crippen LogP) is 4.71. The summed E-state index contributed by atoms with van der Waals surface area (Å²) in [7, 11) is 0. The number of carbonyl (C=O) groups is 3. The number of unbranched alkanes of at least 4 members (excludes halogenated alkanes) is 5. The lowest BCUT2D eigenvalue weighted by atomic mass is 9.89. The van der Waals surface area contributed by atoms with Crippen LogP contribution in [0.1, 0.15) is 84.0 Å². The van der Waals surface area contributed by atoms with Gasteiger partial charge in [0, 0.05) is 25.2 Å². The molecule has 0 aromatic heterocycles. The van der Waals surface area contributed by atoms with Gasteiger partial charge in [-0.05, 0) is 37.7 Å². The second-order valence-electron chi connectivity index (χ2n) is 6.90. The van der Waals surface area contributed by atoms with E-state index in [0.717, 1.165) is 51.4 Å². The number of Topliss-reactive ketones (excluding diaryl/α,β-unsaturated/α-hetero) is 1. The molecule has 0 aromatic rings. The van der Waals surface area contributed by atoms with Gasteiger partial charge < -0.3 is 5.11 Å². The fraction of sp³-hybridized carbons (Fsp3) is 0.750. The Morgan fingerprint density at radius 3 is 2.50 bits per heavy atom. The van der Waals surface area contributed by atoms with Crippen molar-refractivity contribution in [1.82, 2.24) is 0 Å². The van der Waals surface area contributed by atoms with Crippen LogP contribution >= 0.6 is 0 Å². The number of carboxylic acids is 1. The van der Waals surface area contributed by atoms with E-state index in [1.54, 1.807) is 6.08 Å². The zero-order valence-corrected chi connectivity index (χ0v) is 15.0. The van der Waals surface area contributed by atoms with Crippen LogP contribution in [0.2, 0.25) is 0 Å². The van der Waals surface area contributed by atoms with E-state index in [1.165, 1.54) is 0 Å². The van der Waals surface area contributed by atoms with Gasteiger partial charge >= 0.3 is 5.97 Å². The molecular formula is C20H32O4. The van der Waals surface area contributed by atoms with Gasteiger partial charge in [0.1, 0.15) is 5.78 Å². The number of hydrogen-bond acceptors (Lipinski definition) is 3. The standard InChI is InChI=1S/C20H32O4/c1-2-3-6-9-17(21)14-12-16-13-15-19(22)18(16)10-7-4-5-8-11-20(23)24/h12,14,16,18H,2-11,13,15H2,1H3,(H,23,24). The predicted molar refractivity (Wildman–Crippen MR) is 94.8 cm³/mol. The molecule has 1 fully saturated rings. The fourth-order valence-corrected chi connectivity index (χ4v) is 3.40. The van der Waals surface area contributed by atoms with Crippen LogP contribution in [0.5, 0.6) is 0 Å². The van der Waals surface area contributed by atoms with Gasteiger partial charge in [-0.2, -0.15) is 0 Å². The molecular weight excluding hydrogens is 304 g/mol. The smallest absolute Gasteiger partial charge is 0.303 e. The van der Waals surface area contributed by atoms with E-state index in [4.69, 9.17) is 5.11 Å². The topological polar surface area (TPSA) is 71.4 Å². The highest BCUT2D eigenvalue weighted by Crippen LogP contribution is 2.33. The quantitative estimate of drug-likeness (QED) is 0.390. The van der Waals surface area contributed by atoms with Crippen molar-refractivity contribution in [3.63, 3.8) is 0 Å². The molecule has 24 heavy (non-hydrogen) atoms. The van der Waals surface area contributed by atoms with E-state index in [1.807, 2.05) is 6.08 Å². The Labute approximate surface area is 145 Å². The van der Waals surface area contributed by atoms with Crippen LogP contribution < -0.4 is 0 Å². The molecule has 4 nitrogen and oxygen atoms in total. The second-order valence-corrected chi connectivity index (χ2v) is 6.90. The first-order valence-corrected chi connectivity index (χ1v) is 9.50. The molecule has 1 aliphatic carbocycles. The van der Waals surface area contributed by atoms with E-state index in [2.05, 4.69) is 6.92 Å². The summed E-state index contributed by atoms with van der Waals surface area (Å²) in [6.07, 6.45) is 13.6. The number of rotatable bonds is 13. The van der Waals surface area contributed by atoms with Gasteiger partial charge in [-0.15, -0.1) is 0 Å². The van der Waals surface area contributed by atoms with Crippen LogP contribution in [0, 0.1) is 11.8 Å². The molecule has 1 aliphatic rings. The zero-order chi connectivity index (χ0) is 17.8. The van der Waals surface area contributed by atoms with Crippen molar-refractivity contribution in [1.29, 1.82) is 0 Å². The van der Waals surface area contributed by atoms with Crippen molar-refractivity contribution in [3.8, 4) is 0 Å². The lowest BCUT2D eigenvalue weighted by molar-refractivity contribution is -0.137. The van der Waals surface area contributed by atoms with E-state index in [0.29, 0.717) is 25.0 Å². The van der Waals surface area contributed by atoms with E-state index in [9.17, 15) is 14.4 Å². The summed E-state index contributed by atoms with van der Waals surface area (Å²) in [5.41, 5.74) is 0. The minimum Gasteiger partial charge on any atom is -0.481 e. The largest absolute Gasteiger partial charge is 0.481 e. The van der Waals surface area contributed by atoms with Crippen LogP contribution in [0.25, 0.3) is 0 Å². The van der Waals surface area contributed by atoms with Gasteiger partial charge in [0.15, 0.2) is 5.78 Å². The van der Waals surface area contributed by atoms with Crippen molar-refractivity contribution in [2.75, 3.05) is 0 Å². The number of hydrogen-bond donors (Lipinski definition) is 1. The number of aliphatic carboxylic acids is 1. The van der Waals surface area contributed by atoms with Crippen LogP contribution in [-0.4, -0.2) is 22.6 Å². The monoisotopic (exact) mass is 336 g/mol. The first-order chi connectivity index (χ1) is 11.5. The Balaban J connectivity index is 2.29. The van der Waals surface area contributed by atoms with E-state index in [-0.39, 0.29) is 24.0 Å². The van der Waals surface area contributed by atoms with Gasteiger partial charge in [-0.25, -0.2) is 0 Å². The molecule has 0 saturated heterocycles. The minimum absolute atomic E-state index is 0.0594. The molecule has 0 bridgehead atoms. The third kappa shape index (κ3) is 8.42. The Kier molecular flexibility index (Phi) is 10.3. The Morgan fingerprint density at radius 1 is 1.08 bits per heavy atom. The van der Waals surface area contributed by atoms with Gasteiger partial charge in [-0.3, -0.25) is 14.4 Å². The lowest BCUT2D eigenvalue weighted by Gasteiger charge is -2.14. The van der Waals surface area contributed by atoms with Crippen molar-refractivity contribution in [2.24, 2.45) is 11.8 Å². The van der Waals surface area contributed by atoms with Crippen LogP contribution in [-0.2, 0) is 14.4 Å². The van der Waals surface area contributed by atoms with Crippen molar-refractivity contribution < 1.29 is 19.5 Å². The summed E-state index contributed by atoms with van der Waals surface area (Å²) in [4.78, 5) is 34.3. The van der Waals surface area contributed by atoms with Crippen molar-refractivity contribution >= 4 is 17.5 Å². The third-order valence-corrected chi connectivity index (χ3v) is 4.87. The summed E-state index contributed by atoms with van der Waals surface area (Å²) >= 11 is 0. The van der Waals surface area contributed by atoms with Crippen LogP contribution in [0.4, 0.5) is 0 Å². The molecule has 136 valence electrons. The maximum absolute atomic E-state index is 12.1. The molecule has 1 N–H and O–H groups in total. The first kappa shape index (κ1) is 20.6. The molecule has 2 atom stereocenters. The molecule has 4 heteroatoms. The Hall–Kier alpha value is -1.45. The molecule has 0 spiro atoms. The molecule has 0 amide bonds. The molecule has 1 saturated carbocycles. The van der Waals surface area contributed by atoms with Crippen molar-refractivity contribution in [3.05, 3.63) is 12.2 Å². The molecule has 1 rings (SSSR count). The summed E-state index contributed by atoms with van der Waals surface area (Å²) in [5, 5.41) is 8.60. The summed E-state index contributed by atoms with van der Waals surface area (Å²) < 4.78 is 0.